The number of anilines is 1. The van der Waals surface area contributed by atoms with Gasteiger partial charge in [-0.15, -0.1) is 0 Å². The molecule has 0 spiro atoms. The van der Waals surface area contributed by atoms with Crippen LogP contribution in [0.15, 0.2) is 54.6 Å². The molecule has 0 aliphatic rings. The standard InChI is InChI=1S/C20H19ClN4/c1-24(2)17-10-8-16(9-11-17)20-23-19(21)18(12-13-22)25(20)14-15-6-4-3-5-7-15/h3-11H,12,14H2,1-2H3. The molecule has 1 heterocycles. The fraction of sp³-hybridized carbons (Fsp3) is 0.200. The lowest BCUT2D eigenvalue weighted by Gasteiger charge is -2.14. The monoisotopic (exact) mass is 350 g/mol. The average molecular weight is 351 g/mol. The molecule has 0 N–H and O–H groups in total. The van der Waals surface area contributed by atoms with Crippen molar-refractivity contribution in [2.24, 2.45) is 0 Å². The van der Waals surface area contributed by atoms with E-state index >= 15 is 0 Å². The largest absolute Gasteiger partial charge is 0.378 e. The summed E-state index contributed by atoms with van der Waals surface area (Å²) in [7, 11) is 4.01. The van der Waals surface area contributed by atoms with Crippen molar-refractivity contribution < 1.29 is 0 Å². The van der Waals surface area contributed by atoms with Gasteiger partial charge in [0.1, 0.15) is 5.82 Å². The third kappa shape index (κ3) is 3.67. The van der Waals surface area contributed by atoms with E-state index in [2.05, 4.69) is 35.3 Å². The molecule has 0 atom stereocenters. The van der Waals surface area contributed by atoms with E-state index in [1.54, 1.807) is 0 Å². The molecule has 0 fully saturated rings. The van der Waals surface area contributed by atoms with Crippen LogP contribution in [0.4, 0.5) is 5.69 Å². The Morgan fingerprint density at radius 1 is 1.08 bits per heavy atom. The first-order chi connectivity index (χ1) is 12.1. The van der Waals surface area contributed by atoms with Crippen molar-refractivity contribution in [1.29, 1.82) is 5.26 Å². The van der Waals surface area contributed by atoms with Gasteiger partial charge in [0.05, 0.1) is 18.2 Å². The van der Waals surface area contributed by atoms with E-state index in [0.29, 0.717) is 11.7 Å². The van der Waals surface area contributed by atoms with Gasteiger partial charge in [-0.05, 0) is 29.8 Å². The summed E-state index contributed by atoms with van der Waals surface area (Å²) in [4.78, 5) is 6.58. The number of hydrogen-bond donors (Lipinski definition) is 0. The highest BCUT2D eigenvalue weighted by Crippen LogP contribution is 2.28. The maximum Gasteiger partial charge on any atom is 0.152 e. The number of nitriles is 1. The Labute approximate surface area is 152 Å². The van der Waals surface area contributed by atoms with E-state index < -0.39 is 0 Å². The second-order valence-corrected chi connectivity index (χ2v) is 6.38. The Balaban J connectivity index is 2.06. The summed E-state index contributed by atoms with van der Waals surface area (Å²) >= 11 is 6.34. The SMILES string of the molecule is CN(C)c1ccc(-c2nc(Cl)c(CC#N)n2Cc2ccccc2)cc1. The van der Waals surface area contributed by atoms with Gasteiger partial charge in [-0.2, -0.15) is 5.26 Å². The molecule has 0 radical (unpaired) electrons. The van der Waals surface area contributed by atoms with Gasteiger partial charge in [0.2, 0.25) is 0 Å². The van der Waals surface area contributed by atoms with Crippen LogP contribution in [-0.4, -0.2) is 23.6 Å². The minimum Gasteiger partial charge on any atom is -0.378 e. The van der Waals surface area contributed by atoms with Crippen molar-refractivity contribution >= 4 is 17.3 Å². The highest BCUT2D eigenvalue weighted by Gasteiger charge is 2.17. The zero-order valence-corrected chi connectivity index (χ0v) is 15.0. The Morgan fingerprint density at radius 2 is 1.76 bits per heavy atom. The van der Waals surface area contributed by atoms with Crippen LogP contribution in [0.2, 0.25) is 5.15 Å². The molecular formula is C20H19ClN4. The molecule has 0 amide bonds. The van der Waals surface area contributed by atoms with Gasteiger partial charge in [-0.1, -0.05) is 41.9 Å². The van der Waals surface area contributed by atoms with Crippen LogP contribution in [-0.2, 0) is 13.0 Å². The molecule has 5 heteroatoms. The zero-order chi connectivity index (χ0) is 17.8. The van der Waals surface area contributed by atoms with Gasteiger partial charge in [0.15, 0.2) is 5.15 Å². The number of nitrogens with zero attached hydrogens (tertiary/aromatic N) is 4. The molecule has 3 aromatic rings. The highest BCUT2D eigenvalue weighted by atomic mass is 35.5. The normalized spacial score (nSPS) is 10.5. The molecule has 0 saturated carbocycles. The summed E-state index contributed by atoms with van der Waals surface area (Å²) in [5.74, 6) is 0.782. The summed E-state index contributed by atoms with van der Waals surface area (Å²) in [5, 5.41) is 9.55. The molecule has 0 saturated heterocycles. The second kappa shape index (κ2) is 7.42. The van der Waals surface area contributed by atoms with Crippen molar-refractivity contribution in [2.75, 3.05) is 19.0 Å². The van der Waals surface area contributed by atoms with Crippen molar-refractivity contribution in [3.05, 3.63) is 71.0 Å². The third-order valence-corrected chi connectivity index (χ3v) is 4.40. The van der Waals surface area contributed by atoms with E-state index in [-0.39, 0.29) is 6.42 Å². The summed E-state index contributed by atoms with van der Waals surface area (Å²) < 4.78 is 2.03. The fourth-order valence-corrected chi connectivity index (χ4v) is 3.01. The van der Waals surface area contributed by atoms with Crippen molar-refractivity contribution in [3.63, 3.8) is 0 Å². The van der Waals surface area contributed by atoms with E-state index in [0.717, 1.165) is 28.3 Å². The highest BCUT2D eigenvalue weighted by molar-refractivity contribution is 6.30. The topological polar surface area (TPSA) is 44.9 Å². The molecule has 0 aliphatic heterocycles. The summed E-state index contributed by atoms with van der Waals surface area (Å²) in [5.41, 5.74) is 3.99. The smallest absolute Gasteiger partial charge is 0.152 e. The first-order valence-corrected chi connectivity index (χ1v) is 8.41. The van der Waals surface area contributed by atoms with Crippen LogP contribution >= 0.6 is 11.6 Å². The first kappa shape index (κ1) is 17.1. The predicted octanol–water partition coefficient (Wildman–Crippen LogP) is 4.38. The lowest BCUT2D eigenvalue weighted by Crippen LogP contribution is -2.08. The third-order valence-electron chi connectivity index (χ3n) is 4.10. The van der Waals surface area contributed by atoms with Crippen LogP contribution in [0.1, 0.15) is 11.3 Å². The number of imidazole rings is 1. The minimum atomic E-state index is 0.231. The van der Waals surface area contributed by atoms with Gasteiger partial charge >= 0.3 is 0 Å². The first-order valence-electron chi connectivity index (χ1n) is 8.03. The number of benzene rings is 2. The second-order valence-electron chi connectivity index (χ2n) is 6.02. The maximum absolute atomic E-state index is 9.16. The molecule has 25 heavy (non-hydrogen) atoms. The van der Waals surface area contributed by atoms with Gasteiger partial charge < -0.3 is 9.47 Å². The van der Waals surface area contributed by atoms with Crippen molar-refractivity contribution in [3.8, 4) is 17.5 Å². The Morgan fingerprint density at radius 3 is 2.36 bits per heavy atom. The van der Waals surface area contributed by atoms with Gasteiger partial charge in [0, 0.05) is 31.9 Å². The number of rotatable bonds is 5. The van der Waals surface area contributed by atoms with E-state index in [4.69, 9.17) is 16.9 Å². The lowest BCUT2D eigenvalue weighted by molar-refractivity contribution is 0.767. The molecule has 4 nitrogen and oxygen atoms in total. The van der Waals surface area contributed by atoms with Gasteiger partial charge in [0.25, 0.3) is 0 Å². The van der Waals surface area contributed by atoms with E-state index in [9.17, 15) is 0 Å². The molecule has 2 aromatic carbocycles. The van der Waals surface area contributed by atoms with Crippen LogP contribution < -0.4 is 4.90 Å². The van der Waals surface area contributed by atoms with Gasteiger partial charge in [-0.3, -0.25) is 0 Å². The van der Waals surface area contributed by atoms with Crippen LogP contribution in [0.5, 0.6) is 0 Å². The Kier molecular flexibility index (Phi) is 5.06. The summed E-state index contributed by atoms with van der Waals surface area (Å²) in [6.07, 6.45) is 0.231. The van der Waals surface area contributed by atoms with Crippen LogP contribution in [0.3, 0.4) is 0 Å². The molecule has 3 rings (SSSR count). The van der Waals surface area contributed by atoms with Crippen LogP contribution in [0.25, 0.3) is 11.4 Å². The summed E-state index contributed by atoms with van der Waals surface area (Å²) in [6.45, 7) is 0.627. The lowest BCUT2D eigenvalue weighted by atomic mass is 10.1. The van der Waals surface area contributed by atoms with E-state index in [1.807, 2.05) is 53.9 Å². The average Bonchev–Trinajstić information content (AvgIpc) is 2.92. The Bertz CT molecular complexity index is 890. The predicted molar refractivity (Wildman–Crippen MR) is 102 cm³/mol. The quantitative estimate of drug-likeness (QED) is 0.685. The fourth-order valence-electron chi connectivity index (χ4n) is 2.77. The molecular weight excluding hydrogens is 332 g/mol. The number of hydrogen-bond acceptors (Lipinski definition) is 3. The summed E-state index contributed by atoms with van der Waals surface area (Å²) in [6, 6.07) is 20.5. The minimum absolute atomic E-state index is 0.231. The van der Waals surface area contributed by atoms with Crippen molar-refractivity contribution in [2.45, 2.75) is 13.0 Å². The van der Waals surface area contributed by atoms with E-state index in [1.165, 1.54) is 0 Å². The molecule has 0 unspecified atom stereocenters. The van der Waals surface area contributed by atoms with Crippen LogP contribution in [0, 0.1) is 11.3 Å². The molecule has 0 bridgehead atoms. The molecule has 1 aromatic heterocycles. The molecule has 126 valence electrons. The zero-order valence-electron chi connectivity index (χ0n) is 14.3. The molecule has 0 aliphatic carbocycles. The maximum atomic E-state index is 9.16. The van der Waals surface area contributed by atoms with Gasteiger partial charge in [-0.25, -0.2) is 4.98 Å². The van der Waals surface area contributed by atoms with Crippen molar-refractivity contribution in [1.82, 2.24) is 9.55 Å². The number of aromatic nitrogens is 2. The Hall–Kier alpha value is -2.77. The number of halogens is 1.